The van der Waals surface area contributed by atoms with Gasteiger partial charge in [0.05, 0.1) is 22.6 Å². The van der Waals surface area contributed by atoms with Crippen molar-refractivity contribution in [1.29, 1.82) is 0 Å². The van der Waals surface area contributed by atoms with E-state index in [-0.39, 0.29) is 23.6 Å². The molecule has 1 aromatic carbocycles. The Labute approximate surface area is 156 Å². The van der Waals surface area contributed by atoms with E-state index >= 15 is 0 Å². The summed E-state index contributed by atoms with van der Waals surface area (Å²) < 4.78 is 1.86. The Morgan fingerprint density at radius 2 is 1.89 bits per heavy atom. The summed E-state index contributed by atoms with van der Waals surface area (Å²) >= 11 is 0. The molecule has 138 valence electrons. The molecule has 1 fully saturated rings. The van der Waals surface area contributed by atoms with Crippen molar-refractivity contribution in [3.05, 3.63) is 64.3 Å². The van der Waals surface area contributed by atoms with Crippen LogP contribution in [0.3, 0.4) is 0 Å². The van der Waals surface area contributed by atoms with E-state index in [0.717, 1.165) is 42.4 Å². The topological polar surface area (TPSA) is 71.0 Å². The minimum absolute atomic E-state index is 0.0603. The van der Waals surface area contributed by atoms with E-state index in [0.29, 0.717) is 13.1 Å². The van der Waals surface area contributed by atoms with Crippen LogP contribution in [0.5, 0.6) is 0 Å². The summed E-state index contributed by atoms with van der Waals surface area (Å²) in [4.78, 5) is 34.8. The highest BCUT2D eigenvalue weighted by Gasteiger charge is 2.35. The lowest BCUT2D eigenvalue weighted by Gasteiger charge is -2.34. The number of nitrogens with zero attached hydrogens (tertiary/aromatic N) is 3. The number of pyridine rings is 1. The van der Waals surface area contributed by atoms with Gasteiger partial charge >= 0.3 is 5.69 Å². The molecule has 2 aliphatic rings. The molecular weight excluding hydrogens is 340 g/mol. The quantitative estimate of drug-likeness (QED) is 0.762. The number of imidazole rings is 1. The summed E-state index contributed by atoms with van der Waals surface area (Å²) in [6.07, 6.45) is 5.17. The molecule has 3 heterocycles. The SMILES string of the molecule is O=C(C1CCc2cccnc21)N1CCC(n2c(=O)[nH]c3ccccc32)CC1. The molecule has 0 radical (unpaired) electrons. The van der Waals surface area contributed by atoms with Gasteiger partial charge in [-0.2, -0.15) is 0 Å². The molecule has 5 rings (SSSR count). The van der Waals surface area contributed by atoms with Crippen molar-refractivity contribution in [2.75, 3.05) is 13.1 Å². The number of aromatic nitrogens is 3. The van der Waals surface area contributed by atoms with Gasteiger partial charge in [-0.05, 0) is 49.4 Å². The molecule has 6 heteroatoms. The average Bonchev–Trinajstić information content (AvgIpc) is 3.28. The maximum Gasteiger partial charge on any atom is 0.326 e. The fourth-order valence-corrected chi connectivity index (χ4v) is 4.65. The van der Waals surface area contributed by atoms with Crippen molar-refractivity contribution in [2.45, 2.75) is 37.6 Å². The first kappa shape index (κ1) is 16.3. The third kappa shape index (κ3) is 2.67. The second-order valence-electron chi connectivity index (χ2n) is 7.51. The molecule has 0 saturated carbocycles. The number of aromatic amines is 1. The Bertz CT molecular complexity index is 1060. The third-order valence-electron chi connectivity index (χ3n) is 6.02. The van der Waals surface area contributed by atoms with Crippen LogP contribution in [0.1, 0.15) is 42.5 Å². The molecule has 1 aliphatic heterocycles. The molecule has 1 saturated heterocycles. The fraction of sp³-hybridized carbons (Fsp3) is 0.381. The van der Waals surface area contributed by atoms with Gasteiger partial charge in [0.2, 0.25) is 5.91 Å². The monoisotopic (exact) mass is 362 g/mol. The number of hydrogen-bond donors (Lipinski definition) is 1. The average molecular weight is 362 g/mol. The predicted molar refractivity (Wildman–Crippen MR) is 103 cm³/mol. The van der Waals surface area contributed by atoms with Crippen LogP contribution in [0.25, 0.3) is 11.0 Å². The Balaban J connectivity index is 1.33. The smallest absolute Gasteiger partial charge is 0.326 e. The first-order valence-corrected chi connectivity index (χ1v) is 9.64. The maximum absolute atomic E-state index is 13.0. The molecule has 6 nitrogen and oxygen atoms in total. The van der Waals surface area contributed by atoms with Gasteiger partial charge in [0.1, 0.15) is 0 Å². The Kier molecular flexibility index (Phi) is 3.85. The standard InChI is InChI=1S/C21H22N4O2/c26-20(16-8-7-14-4-3-11-22-19(14)16)24-12-9-15(10-13-24)25-18-6-2-1-5-17(18)23-21(25)27/h1-6,11,15-16H,7-10,12-13H2,(H,23,27). The van der Waals surface area contributed by atoms with Crippen molar-refractivity contribution in [2.24, 2.45) is 0 Å². The minimum atomic E-state index is -0.103. The van der Waals surface area contributed by atoms with Crippen LogP contribution in [0.2, 0.25) is 0 Å². The summed E-state index contributed by atoms with van der Waals surface area (Å²) in [6, 6.07) is 11.9. The van der Waals surface area contributed by atoms with Crippen molar-refractivity contribution in [1.82, 2.24) is 19.4 Å². The number of nitrogens with one attached hydrogen (secondary N) is 1. The van der Waals surface area contributed by atoms with Gasteiger partial charge in [0.25, 0.3) is 0 Å². The van der Waals surface area contributed by atoms with Crippen LogP contribution in [-0.4, -0.2) is 38.4 Å². The number of fused-ring (bicyclic) bond motifs is 2. The van der Waals surface area contributed by atoms with Crippen LogP contribution < -0.4 is 5.69 Å². The largest absolute Gasteiger partial charge is 0.342 e. The molecule has 1 unspecified atom stereocenters. The van der Waals surface area contributed by atoms with E-state index in [1.54, 1.807) is 6.20 Å². The number of piperidine rings is 1. The first-order chi connectivity index (χ1) is 13.2. The molecule has 1 amide bonds. The fourth-order valence-electron chi connectivity index (χ4n) is 4.65. The number of benzene rings is 1. The molecule has 1 atom stereocenters. The number of amides is 1. The maximum atomic E-state index is 13.0. The molecular formula is C21H22N4O2. The Morgan fingerprint density at radius 3 is 2.74 bits per heavy atom. The zero-order valence-corrected chi connectivity index (χ0v) is 15.1. The second-order valence-corrected chi connectivity index (χ2v) is 7.51. The van der Waals surface area contributed by atoms with Gasteiger partial charge < -0.3 is 9.88 Å². The van der Waals surface area contributed by atoms with Crippen molar-refractivity contribution in [3.8, 4) is 0 Å². The van der Waals surface area contributed by atoms with Crippen molar-refractivity contribution >= 4 is 16.9 Å². The Morgan fingerprint density at radius 1 is 1.07 bits per heavy atom. The number of carbonyl (C=O) groups excluding carboxylic acids is 1. The van der Waals surface area contributed by atoms with Crippen LogP contribution in [0.4, 0.5) is 0 Å². The van der Waals surface area contributed by atoms with E-state index < -0.39 is 0 Å². The number of H-pyrrole nitrogens is 1. The molecule has 1 N–H and O–H groups in total. The van der Waals surface area contributed by atoms with Crippen molar-refractivity contribution in [3.63, 3.8) is 0 Å². The minimum Gasteiger partial charge on any atom is -0.342 e. The highest BCUT2D eigenvalue weighted by molar-refractivity contribution is 5.84. The van der Waals surface area contributed by atoms with Gasteiger partial charge in [-0.15, -0.1) is 0 Å². The number of para-hydroxylation sites is 2. The summed E-state index contributed by atoms with van der Waals surface area (Å²) in [5, 5.41) is 0. The number of carbonyl (C=O) groups is 1. The summed E-state index contributed by atoms with van der Waals surface area (Å²) in [5.74, 6) is 0.0886. The van der Waals surface area contributed by atoms with Crippen LogP contribution >= 0.6 is 0 Å². The van der Waals surface area contributed by atoms with E-state index in [2.05, 4.69) is 16.0 Å². The van der Waals surface area contributed by atoms with E-state index in [1.165, 1.54) is 5.56 Å². The number of aryl methyl sites for hydroxylation is 1. The molecule has 27 heavy (non-hydrogen) atoms. The predicted octanol–water partition coefficient (Wildman–Crippen LogP) is 2.62. The zero-order chi connectivity index (χ0) is 18.4. The van der Waals surface area contributed by atoms with Gasteiger partial charge in [0.15, 0.2) is 0 Å². The van der Waals surface area contributed by atoms with Gasteiger partial charge in [-0.3, -0.25) is 14.3 Å². The number of rotatable bonds is 2. The molecule has 1 aliphatic carbocycles. The lowest BCUT2D eigenvalue weighted by molar-refractivity contribution is -0.134. The highest BCUT2D eigenvalue weighted by Crippen LogP contribution is 2.34. The van der Waals surface area contributed by atoms with E-state index in [9.17, 15) is 9.59 Å². The summed E-state index contributed by atoms with van der Waals surface area (Å²) in [5.41, 5.74) is 3.92. The number of likely N-dealkylation sites (tertiary alicyclic amines) is 1. The zero-order valence-electron chi connectivity index (χ0n) is 15.1. The lowest BCUT2D eigenvalue weighted by Crippen LogP contribution is -2.42. The van der Waals surface area contributed by atoms with Gasteiger partial charge in [-0.25, -0.2) is 4.79 Å². The molecule has 3 aromatic rings. The molecule has 0 spiro atoms. The van der Waals surface area contributed by atoms with E-state index in [1.807, 2.05) is 39.8 Å². The van der Waals surface area contributed by atoms with Gasteiger partial charge in [0, 0.05) is 25.3 Å². The van der Waals surface area contributed by atoms with Gasteiger partial charge in [-0.1, -0.05) is 18.2 Å². The summed E-state index contributed by atoms with van der Waals surface area (Å²) in [7, 11) is 0. The van der Waals surface area contributed by atoms with Crippen LogP contribution in [0.15, 0.2) is 47.4 Å². The number of hydrogen-bond acceptors (Lipinski definition) is 3. The van der Waals surface area contributed by atoms with Crippen molar-refractivity contribution < 1.29 is 4.79 Å². The Hall–Kier alpha value is -2.89. The third-order valence-corrected chi connectivity index (χ3v) is 6.02. The van der Waals surface area contributed by atoms with E-state index in [4.69, 9.17) is 0 Å². The van der Waals surface area contributed by atoms with Crippen LogP contribution in [0, 0.1) is 0 Å². The highest BCUT2D eigenvalue weighted by atomic mass is 16.2. The normalized spacial score (nSPS) is 20.1. The summed E-state index contributed by atoms with van der Waals surface area (Å²) in [6.45, 7) is 1.38. The first-order valence-electron chi connectivity index (χ1n) is 9.64. The lowest BCUT2D eigenvalue weighted by atomic mass is 10.00. The second kappa shape index (κ2) is 6.37. The van der Waals surface area contributed by atoms with Crippen LogP contribution in [-0.2, 0) is 11.2 Å². The molecule has 2 aromatic heterocycles. The molecule has 0 bridgehead atoms.